The summed E-state index contributed by atoms with van der Waals surface area (Å²) in [5.41, 5.74) is 7.01. The third-order valence-corrected chi connectivity index (χ3v) is 6.34. The highest BCUT2D eigenvalue weighted by molar-refractivity contribution is 5.00. The first kappa shape index (κ1) is 15.8. The molecule has 3 rings (SSSR count). The predicted octanol–water partition coefficient (Wildman–Crippen LogP) is 3.65. The summed E-state index contributed by atoms with van der Waals surface area (Å²) in [5, 5.41) is 0. The Morgan fingerprint density at radius 3 is 2.76 bits per heavy atom. The minimum atomic E-state index is 0.00438. The molecule has 0 amide bonds. The van der Waals surface area contributed by atoms with Crippen LogP contribution >= 0.6 is 0 Å². The van der Waals surface area contributed by atoms with Crippen molar-refractivity contribution >= 4 is 0 Å². The highest BCUT2D eigenvalue weighted by Gasteiger charge is 2.47. The van der Waals surface area contributed by atoms with Crippen molar-refractivity contribution in [2.24, 2.45) is 17.6 Å². The van der Waals surface area contributed by atoms with Crippen molar-refractivity contribution in [3.8, 4) is 0 Å². The van der Waals surface area contributed by atoms with Gasteiger partial charge in [0, 0.05) is 25.2 Å². The SMILES string of the molecule is CCCC1CCCC(N)(C2CCOC3(CCOC3)C2)CC1. The maximum Gasteiger partial charge on any atom is 0.0940 e. The average Bonchev–Trinajstić information content (AvgIpc) is 2.83. The van der Waals surface area contributed by atoms with Gasteiger partial charge in [0.2, 0.25) is 0 Å². The van der Waals surface area contributed by atoms with Crippen LogP contribution in [-0.2, 0) is 9.47 Å². The van der Waals surface area contributed by atoms with Crippen molar-refractivity contribution in [1.29, 1.82) is 0 Å². The van der Waals surface area contributed by atoms with E-state index >= 15 is 0 Å². The highest BCUT2D eigenvalue weighted by Crippen LogP contribution is 2.44. The van der Waals surface area contributed by atoms with Gasteiger partial charge in [0.25, 0.3) is 0 Å². The van der Waals surface area contributed by atoms with Crippen LogP contribution in [0.3, 0.4) is 0 Å². The maximum absolute atomic E-state index is 6.95. The zero-order valence-electron chi connectivity index (χ0n) is 13.7. The molecule has 21 heavy (non-hydrogen) atoms. The number of hydrogen-bond donors (Lipinski definition) is 1. The molecule has 3 aliphatic rings. The third-order valence-electron chi connectivity index (χ3n) is 6.34. The van der Waals surface area contributed by atoms with Gasteiger partial charge in [-0.2, -0.15) is 0 Å². The zero-order valence-corrected chi connectivity index (χ0v) is 13.7. The molecule has 0 aromatic heterocycles. The summed E-state index contributed by atoms with van der Waals surface area (Å²) in [6.45, 7) is 4.84. The third kappa shape index (κ3) is 3.46. The molecule has 1 saturated carbocycles. The van der Waals surface area contributed by atoms with Crippen molar-refractivity contribution in [1.82, 2.24) is 0 Å². The lowest BCUT2D eigenvalue weighted by atomic mass is 9.70. The molecule has 0 bridgehead atoms. The Morgan fingerprint density at radius 1 is 1.10 bits per heavy atom. The van der Waals surface area contributed by atoms with Crippen LogP contribution in [0.5, 0.6) is 0 Å². The summed E-state index contributed by atoms with van der Waals surface area (Å²) in [4.78, 5) is 0. The topological polar surface area (TPSA) is 44.5 Å². The van der Waals surface area contributed by atoms with E-state index in [0.29, 0.717) is 5.92 Å². The van der Waals surface area contributed by atoms with Gasteiger partial charge < -0.3 is 15.2 Å². The van der Waals surface area contributed by atoms with Crippen LogP contribution in [-0.4, -0.2) is 31.0 Å². The largest absolute Gasteiger partial charge is 0.378 e. The summed E-state index contributed by atoms with van der Waals surface area (Å²) >= 11 is 0. The molecule has 0 radical (unpaired) electrons. The maximum atomic E-state index is 6.95. The molecule has 0 aromatic rings. The molecule has 1 aliphatic carbocycles. The van der Waals surface area contributed by atoms with E-state index in [9.17, 15) is 0 Å². The summed E-state index contributed by atoms with van der Waals surface area (Å²) in [6.07, 6.45) is 12.5. The molecule has 2 aliphatic heterocycles. The van der Waals surface area contributed by atoms with Crippen molar-refractivity contribution < 1.29 is 9.47 Å². The number of hydrogen-bond acceptors (Lipinski definition) is 3. The standard InChI is InChI=1S/C18H33NO2/c1-2-4-15-5-3-8-18(19,9-6-15)16-7-11-21-17(13-16)10-12-20-14-17/h15-16H,2-14,19H2,1H3. The second-order valence-corrected chi connectivity index (χ2v) is 7.84. The Hall–Kier alpha value is -0.120. The Kier molecular flexibility index (Phi) is 4.92. The van der Waals surface area contributed by atoms with Crippen LogP contribution in [0.2, 0.25) is 0 Å². The smallest absolute Gasteiger partial charge is 0.0940 e. The lowest BCUT2D eigenvalue weighted by Gasteiger charge is -2.45. The van der Waals surface area contributed by atoms with Crippen LogP contribution in [0.1, 0.15) is 71.1 Å². The van der Waals surface area contributed by atoms with Crippen LogP contribution in [0.4, 0.5) is 0 Å². The van der Waals surface area contributed by atoms with Gasteiger partial charge in [0.05, 0.1) is 12.2 Å². The van der Waals surface area contributed by atoms with E-state index in [4.69, 9.17) is 15.2 Å². The predicted molar refractivity (Wildman–Crippen MR) is 85.2 cm³/mol. The number of ether oxygens (including phenoxy) is 2. The fourth-order valence-electron chi connectivity index (χ4n) is 4.95. The average molecular weight is 295 g/mol. The minimum Gasteiger partial charge on any atom is -0.378 e. The van der Waals surface area contributed by atoms with Gasteiger partial charge in [-0.15, -0.1) is 0 Å². The Morgan fingerprint density at radius 2 is 2.00 bits per heavy atom. The molecule has 2 N–H and O–H groups in total. The molecule has 4 atom stereocenters. The van der Waals surface area contributed by atoms with Gasteiger partial charge in [-0.3, -0.25) is 0 Å². The van der Waals surface area contributed by atoms with Crippen LogP contribution < -0.4 is 5.73 Å². The molecule has 1 spiro atoms. The molecule has 3 heteroatoms. The van der Waals surface area contributed by atoms with E-state index in [-0.39, 0.29) is 11.1 Å². The molecular weight excluding hydrogens is 262 g/mol. The summed E-state index contributed by atoms with van der Waals surface area (Å²) < 4.78 is 11.7. The fraction of sp³-hybridized carbons (Fsp3) is 1.00. The lowest BCUT2D eigenvalue weighted by molar-refractivity contribution is -0.110. The Labute approximate surface area is 129 Å². The summed E-state index contributed by atoms with van der Waals surface area (Å²) in [7, 11) is 0. The van der Waals surface area contributed by atoms with E-state index < -0.39 is 0 Å². The summed E-state index contributed by atoms with van der Waals surface area (Å²) in [6, 6.07) is 0. The van der Waals surface area contributed by atoms with Gasteiger partial charge in [-0.05, 0) is 43.9 Å². The Balaban J connectivity index is 1.64. The van der Waals surface area contributed by atoms with Crippen LogP contribution in [0.15, 0.2) is 0 Å². The zero-order chi connectivity index (χ0) is 14.8. The van der Waals surface area contributed by atoms with Crippen molar-refractivity contribution in [3.63, 3.8) is 0 Å². The lowest BCUT2D eigenvalue weighted by Crippen LogP contribution is -2.53. The van der Waals surface area contributed by atoms with Crippen molar-refractivity contribution in [2.45, 2.75) is 82.3 Å². The molecule has 3 nitrogen and oxygen atoms in total. The molecule has 0 aromatic carbocycles. The Bertz CT molecular complexity index is 340. The van der Waals surface area contributed by atoms with Gasteiger partial charge in [-0.25, -0.2) is 0 Å². The van der Waals surface area contributed by atoms with Gasteiger partial charge >= 0.3 is 0 Å². The second kappa shape index (κ2) is 6.55. The molecule has 3 fully saturated rings. The van der Waals surface area contributed by atoms with E-state index in [1.54, 1.807) is 0 Å². The highest BCUT2D eigenvalue weighted by atomic mass is 16.6. The minimum absolute atomic E-state index is 0.00438. The van der Waals surface area contributed by atoms with E-state index in [2.05, 4.69) is 6.92 Å². The van der Waals surface area contributed by atoms with E-state index in [1.807, 2.05) is 0 Å². The normalized spacial score (nSPS) is 44.9. The van der Waals surface area contributed by atoms with Crippen LogP contribution in [0.25, 0.3) is 0 Å². The monoisotopic (exact) mass is 295 g/mol. The molecule has 122 valence electrons. The molecule has 2 heterocycles. The first-order valence-electron chi connectivity index (χ1n) is 9.16. The fourth-order valence-corrected chi connectivity index (χ4v) is 4.95. The second-order valence-electron chi connectivity index (χ2n) is 7.84. The molecular formula is C18H33NO2. The number of nitrogens with two attached hydrogens (primary N) is 1. The molecule has 4 unspecified atom stereocenters. The van der Waals surface area contributed by atoms with Gasteiger partial charge in [0.15, 0.2) is 0 Å². The quantitative estimate of drug-likeness (QED) is 0.808. The van der Waals surface area contributed by atoms with Gasteiger partial charge in [-0.1, -0.05) is 32.6 Å². The van der Waals surface area contributed by atoms with E-state index in [1.165, 1.54) is 44.9 Å². The number of rotatable bonds is 3. The van der Waals surface area contributed by atoms with Gasteiger partial charge in [0.1, 0.15) is 0 Å². The summed E-state index contributed by atoms with van der Waals surface area (Å²) in [5.74, 6) is 1.55. The van der Waals surface area contributed by atoms with Crippen LogP contribution in [0, 0.1) is 11.8 Å². The van der Waals surface area contributed by atoms with Crippen molar-refractivity contribution in [2.75, 3.05) is 19.8 Å². The molecule has 2 saturated heterocycles. The first-order chi connectivity index (χ1) is 10.2. The first-order valence-corrected chi connectivity index (χ1v) is 9.16. The van der Waals surface area contributed by atoms with E-state index in [0.717, 1.165) is 45.0 Å². The van der Waals surface area contributed by atoms with Crippen molar-refractivity contribution in [3.05, 3.63) is 0 Å².